The Kier molecular flexibility index (Phi) is 7.83. The summed E-state index contributed by atoms with van der Waals surface area (Å²) in [6.45, 7) is 7.79. The number of hydrogen-bond acceptors (Lipinski definition) is 8. The lowest BCUT2D eigenvalue weighted by molar-refractivity contribution is 0.0914. The summed E-state index contributed by atoms with van der Waals surface area (Å²) in [5.74, 6) is 0.963. The standard InChI is InChI=1S/C24H29N5O5/c1-7-33-24(31)34-20-18(32-6)11-12-25-19(20)23(30)26-15(4)22-27-21(28-29(22)5)17-10-8-9-16(13-17)14(2)3/h8-15H,7H2,1-6H3,(H,26,30)/t15-/m0/s1. The van der Waals surface area contributed by atoms with Gasteiger partial charge in [-0.2, -0.15) is 5.10 Å². The van der Waals surface area contributed by atoms with E-state index in [-0.39, 0.29) is 23.8 Å². The highest BCUT2D eigenvalue weighted by Gasteiger charge is 2.25. The molecule has 0 fully saturated rings. The number of pyridine rings is 1. The summed E-state index contributed by atoms with van der Waals surface area (Å²) in [5, 5.41) is 7.35. The van der Waals surface area contributed by atoms with Gasteiger partial charge < -0.3 is 19.5 Å². The highest BCUT2D eigenvalue weighted by molar-refractivity contribution is 5.96. The van der Waals surface area contributed by atoms with Gasteiger partial charge >= 0.3 is 6.16 Å². The van der Waals surface area contributed by atoms with E-state index in [1.165, 1.54) is 24.9 Å². The first kappa shape index (κ1) is 24.7. The monoisotopic (exact) mass is 467 g/mol. The van der Waals surface area contributed by atoms with E-state index >= 15 is 0 Å². The van der Waals surface area contributed by atoms with Crippen LogP contribution in [0.1, 0.15) is 61.5 Å². The molecule has 0 aliphatic rings. The molecule has 0 spiro atoms. The second-order valence-electron chi connectivity index (χ2n) is 7.87. The van der Waals surface area contributed by atoms with E-state index in [9.17, 15) is 9.59 Å². The molecule has 3 rings (SSSR count). The summed E-state index contributed by atoms with van der Waals surface area (Å²) in [7, 11) is 3.16. The van der Waals surface area contributed by atoms with Crippen LogP contribution < -0.4 is 14.8 Å². The van der Waals surface area contributed by atoms with Crippen molar-refractivity contribution in [3.8, 4) is 22.9 Å². The number of carbonyl (C=O) groups excluding carboxylic acids is 2. The minimum Gasteiger partial charge on any atom is -0.493 e. The molecule has 2 aromatic heterocycles. The normalized spacial score (nSPS) is 11.7. The largest absolute Gasteiger partial charge is 0.514 e. The lowest BCUT2D eigenvalue weighted by atomic mass is 10.0. The smallest absolute Gasteiger partial charge is 0.493 e. The van der Waals surface area contributed by atoms with Crippen LogP contribution in [0.2, 0.25) is 0 Å². The maximum atomic E-state index is 13.0. The molecule has 0 unspecified atom stereocenters. The first-order valence-electron chi connectivity index (χ1n) is 10.9. The van der Waals surface area contributed by atoms with Crippen molar-refractivity contribution in [3.05, 3.63) is 53.6 Å². The van der Waals surface area contributed by atoms with Crippen LogP contribution in [0.25, 0.3) is 11.4 Å². The molecule has 0 saturated carbocycles. The molecular formula is C24H29N5O5. The molecule has 180 valence electrons. The minimum absolute atomic E-state index is 0.119. The van der Waals surface area contributed by atoms with Crippen LogP contribution in [-0.4, -0.2) is 45.5 Å². The fourth-order valence-corrected chi connectivity index (χ4v) is 3.34. The van der Waals surface area contributed by atoms with Gasteiger partial charge in [0.15, 0.2) is 17.3 Å². The topological polar surface area (TPSA) is 117 Å². The van der Waals surface area contributed by atoms with Gasteiger partial charge in [0.2, 0.25) is 5.75 Å². The number of hydrogen-bond donors (Lipinski definition) is 1. The lowest BCUT2D eigenvalue weighted by Crippen LogP contribution is -2.30. The fraction of sp³-hybridized carbons (Fsp3) is 0.375. The van der Waals surface area contributed by atoms with Crippen molar-refractivity contribution in [1.29, 1.82) is 0 Å². The maximum Gasteiger partial charge on any atom is 0.514 e. The number of benzene rings is 1. The number of amides is 1. The molecule has 10 nitrogen and oxygen atoms in total. The summed E-state index contributed by atoms with van der Waals surface area (Å²) in [6, 6.07) is 9.02. The molecule has 34 heavy (non-hydrogen) atoms. The van der Waals surface area contributed by atoms with E-state index in [0.717, 1.165) is 5.56 Å². The number of carbonyl (C=O) groups is 2. The molecule has 10 heteroatoms. The highest BCUT2D eigenvalue weighted by Crippen LogP contribution is 2.30. The van der Waals surface area contributed by atoms with Crippen molar-refractivity contribution in [3.63, 3.8) is 0 Å². The Bertz CT molecular complexity index is 1170. The van der Waals surface area contributed by atoms with Gasteiger partial charge in [0.1, 0.15) is 5.82 Å². The fourth-order valence-electron chi connectivity index (χ4n) is 3.34. The molecule has 1 amide bonds. The van der Waals surface area contributed by atoms with Gasteiger partial charge in [-0.1, -0.05) is 32.0 Å². The van der Waals surface area contributed by atoms with Crippen molar-refractivity contribution in [2.24, 2.45) is 7.05 Å². The Morgan fingerprint density at radius 2 is 1.94 bits per heavy atom. The Morgan fingerprint density at radius 3 is 2.62 bits per heavy atom. The average molecular weight is 468 g/mol. The molecule has 0 aliphatic heterocycles. The Morgan fingerprint density at radius 1 is 1.18 bits per heavy atom. The highest BCUT2D eigenvalue weighted by atomic mass is 16.7. The maximum absolute atomic E-state index is 13.0. The number of nitrogens with one attached hydrogen (secondary N) is 1. The first-order chi connectivity index (χ1) is 16.2. The van der Waals surface area contributed by atoms with Crippen molar-refractivity contribution >= 4 is 12.1 Å². The van der Waals surface area contributed by atoms with E-state index in [1.807, 2.05) is 12.1 Å². The molecular weight excluding hydrogens is 438 g/mol. The van der Waals surface area contributed by atoms with Crippen molar-refractivity contribution in [2.75, 3.05) is 13.7 Å². The molecule has 0 saturated heterocycles. The zero-order chi connectivity index (χ0) is 24.8. The third kappa shape index (κ3) is 5.51. The van der Waals surface area contributed by atoms with Crippen LogP contribution in [0.5, 0.6) is 11.5 Å². The van der Waals surface area contributed by atoms with Crippen molar-refractivity contribution in [2.45, 2.75) is 39.7 Å². The van der Waals surface area contributed by atoms with Gasteiger partial charge in [-0.3, -0.25) is 9.48 Å². The van der Waals surface area contributed by atoms with Crippen LogP contribution in [0.3, 0.4) is 0 Å². The third-order valence-electron chi connectivity index (χ3n) is 5.09. The van der Waals surface area contributed by atoms with Gasteiger partial charge in [0.25, 0.3) is 5.91 Å². The quantitative estimate of drug-likeness (QED) is 0.493. The molecule has 3 aromatic rings. The summed E-state index contributed by atoms with van der Waals surface area (Å²) in [4.78, 5) is 33.6. The molecule has 1 aromatic carbocycles. The van der Waals surface area contributed by atoms with E-state index in [2.05, 4.69) is 46.4 Å². The summed E-state index contributed by atoms with van der Waals surface area (Å²) in [5.41, 5.74) is 1.96. The van der Waals surface area contributed by atoms with Crippen molar-refractivity contribution in [1.82, 2.24) is 25.1 Å². The van der Waals surface area contributed by atoms with Crippen LogP contribution in [0.15, 0.2) is 36.5 Å². The number of methoxy groups -OCH3 is 1. The predicted molar refractivity (Wildman–Crippen MR) is 125 cm³/mol. The Hall–Kier alpha value is -3.95. The molecule has 0 radical (unpaired) electrons. The summed E-state index contributed by atoms with van der Waals surface area (Å²) >= 11 is 0. The lowest BCUT2D eigenvalue weighted by Gasteiger charge is -2.15. The number of nitrogens with zero attached hydrogens (tertiary/aromatic N) is 4. The van der Waals surface area contributed by atoms with Gasteiger partial charge in [-0.05, 0) is 31.4 Å². The van der Waals surface area contributed by atoms with Crippen molar-refractivity contribution < 1.29 is 23.8 Å². The predicted octanol–water partition coefficient (Wildman–Crippen LogP) is 4.04. The van der Waals surface area contributed by atoms with Gasteiger partial charge in [-0.15, -0.1) is 0 Å². The SMILES string of the molecule is CCOC(=O)Oc1c(OC)ccnc1C(=O)N[C@@H](C)c1nc(-c2cccc(C(C)C)c2)nn1C. The van der Waals surface area contributed by atoms with E-state index < -0.39 is 18.1 Å². The zero-order valence-electron chi connectivity index (χ0n) is 20.2. The number of ether oxygens (including phenoxy) is 3. The second-order valence-corrected chi connectivity index (χ2v) is 7.87. The first-order valence-corrected chi connectivity index (χ1v) is 10.9. The molecule has 0 bridgehead atoms. The van der Waals surface area contributed by atoms with Crippen LogP contribution >= 0.6 is 0 Å². The van der Waals surface area contributed by atoms with E-state index in [4.69, 9.17) is 14.2 Å². The van der Waals surface area contributed by atoms with Crippen LogP contribution in [0, 0.1) is 0 Å². The average Bonchev–Trinajstić information content (AvgIpc) is 3.21. The van der Waals surface area contributed by atoms with Gasteiger partial charge in [-0.25, -0.2) is 14.8 Å². The number of aryl methyl sites for hydroxylation is 1. The van der Waals surface area contributed by atoms with Gasteiger partial charge in [0.05, 0.1) is 19.8 Å². The molecule has 1 N–H and O–H groups in total. The van der Waals surface area contributed by atoms with Crippen LogP contribution in [0.4, 0.5) is 4.79 Å². The Labute approximate surface area is 198 Å². The number of rotatable bonds is 8. The van der Waals surface area contributed by atoms with Crippen LogP contribution in [-0.2, 0) is 11.8 Å². The molecule has 1 atom stereocenters. The van der Waals surface area contributed by atoms with E-state index in [0.29, 0.717) is 17.6 Å². The third-order valence-corrected chi connectivity index (χ3v) is 5.09. The Balaban J connectivity index is 1.84. The van der Waals surface area contributed by atoms with E-state index in [1.54, 1.807) is 25.6 Å². The second kappa shape index (κ2) is 10.8. The minimum atomic E-state index is -0.961. The zero-order valence-corrected chi connectivity index (χ0v) is 20.2. The number of aromatic nitrogens is 4. The summed E-state index contributed by atoms with van der Waals surface area (Å²) < 4.78 is 16.9. The molecule has 2 heterocycles. The molecule has 0 aliphatic carbocycles. The summed E-state index contributed by atoms with van der Waals surface area (Å²) in [6.07, 6.45) is 0.427. The van der Waals surface area contributed by atoms with Gasteiger partial charge in [0, 0.05) is 24.9 Å².